The molecule has 1 aliphatic carbocycles. The molecular formula is C16H17N3O2. The van der Waals surface area contributed by atoms with Crippen molar-refractivity contribution in [1.82, 2.24) is 10.2 Å². The third-order valence-electron chi connectivity index (χ3n) is 3.78. The van der Waals surface area contributed by atoms with E-state index in [1.807, 2.05) is 26.0 Å². The van der Waals surface area contributed by atoms with Crippen LogP contribution in [-0.2, 0) is 6.61 Å². The van der Waals surface area contributed by atoms with Crippen LogP contribution in [0.1, 0.15) is 46.8 Å². The van der Waals surface area contributed by atoms with Crippen LogP contribution in [0.15, 0.2) is 12.1 Å². The Morgan fingerprint density at radius 3 is 2.57 bits per heavy atom. The number of ether oxygens (including phenoxy) is 1. The maximum Gasteiger partial charge on any atom is 0.174 e. The summed E-state index contributed by atoms with van der Waals surface area (Å²) >= 11 is 0. The van der Waals surface area contributed by atoms with E-state index in [1.54, 1.807) is 0 Å². The number of nitriles is 1. The number of rotatable bonds is 4. The number of aromatic nitrogens is 2. The Labute approximate surface area is 123 Å². The van der Waals surface area contributed by atoms with Crippen molar-refractivity contribution < 1.29 is 9.84 Å². The molecule has 2 N–H and O–H groups in total. The van der Waals surface area contributed by atoms with E-state index in [2.05, 4.69) is 16.3 Å². The molecule has 0 unspecified atom stereocenters. The quantitative estimate of drug-likeness (QED) is 0.903. The topological polar surface area (TPSA) is 81.9 Å². The summed E-state index contributed by atoms with van der Waals surface area (Å²) in [5, 5.41) is 25.6. The predicted molar refractivity (Wildman–Crippen MR) is 77.2 cm³/mol. The first kappa shape index (κ1) is 13.7. The van der Waals surface area contributed by atoms with Crippen molar-refractivity contribution in [3.8, 4) is 17.6 Å². The van der Waals surface area contributed by atoms with Gasteiger partial charge in [0.05, 0.1) is 18.2 Å². The van der Waals surface area contributed by atoms with E-state index in [0.717, 1.165) is 29.7 Å². The highest BCUT2D eigenvalue weighted by atomic mass is 16.5. The van der Waals surface area contributed by atoms with Gasteiger partial charge in [0.2, 0.25) is 0 Å². The Morgan fingerprint density at radius 1 is 1.38 bits per heavy atom. The molecule has 1 aliphatic rings. The molecule has 1 aromatic heterocycles. The van der Waals surface area contributed by atoms with E-state index in [-0.39, 0.29) is 6.61 Å². The summed E-state index contributed by atoms with van der Waals surface area (Å²) in [5.41, 5.74) is 3.93. The predicted octanol–water partition coefficient (Wildman–Crippen LogP) is 3.06. The lowest BCUT2D eigenvalue weighted by Crippen LogP contribution is -1.95. The summed E-state index contributed by atoms with van der Waals surface area (Å²) in [7, 11) is 0. The monoisotopic (exact) mass is 283 g/mol. The molecular weight excluding hydrogens is 266 g/mol. The number of benzene rings is 1. The number of hydrogen-bond acceptors (Lipinski definition) is 4. The second-order valence-electron chi connectivity index (χ2n) is 5.49. The van der Waals surface area contributed by atoms with E-state index in [1.165, 1.54) is 0 Å². The minimum absolute atomic E-state index is 0.136. The van der Waals surface area contributed by atoms with Crippen LogP contribution in [0.25, 0.3) is 0 Å². The summed E-state index contributed by atoms with van der Waals surface area (Å²) in [6, 6.07) is 5.88. The molecule has 1 heterocycles. The van der Waals surface area contributed by atoms with Gasteiger partial charge in [-0.15, -0.1) is 0 Å². The molecule has 0 bridgehead atoms. The first-order valence-corrected chi connectivity index (χ1v) is 7.01. The second-order valence-corrected chi connectivity index (χ2v) is 5.49. The Morgan fingerprint density at radius 2 is 2.05 bits per heavy atom. The van der Waals surface area contributed by atoms with Crippen LogP contribution < -0.4 is 4.74 Å². The molecule has 5 nitrogen and oxygen atoms in total. The fourth-order valence-electron chi connectivity index (χ4n) is 2.52. The molecule has 0 spiro atoms. The fraction of sp³-hybridized carbons (Fsp3) is 0.375. The van der Waals surface area contributed by atoms with E-state index in [4.69, 9.17) is 10.00 Å². The maximum atomic E-state index is 9.41. The van der Waals surface area contributed by atoms with Crippen LogP contribution in [0.2, 0.25) is 0 Å². The minimum atomic E-state index is -0.136. The van der Waals surface area contributed by atoms with E-state index < -0.39 is 0 Å². The van der Waals surface area contributed by atoms with Gasteiger partial charge in [0.25, 0.3) is 0 Å². The number of hydrogen-bond donors (Lipinski definition) is 2. The SMILES string of the molecule is Cc1cc(Oc2c(C3CC3)n[nH]c2CO)cc(C)c1C#N. The lowest BCUT2D eigenvalue weighted by molar-refractivity contribution is 0.271. The van der Waals surface area contributed by atoms with Crippen LogP contribution in [0.4, 0.5) is 0 Å². The van der Waals surface area contributed by atoms with Crippen LogP contribution >= 0.6 is 0 Å². The maximum absolute atomic E-state index is 9.41. The van der Waals surface area contributed by atoms with Crippen molar-refractivity contribution in [3.05, 3.63) is 40.2 Å². The molecule has 5 heteroatoms. The average molecular weight is 283 g/mol. The highest BCUT2D eigenvalue weighted by molar-refractivity contribution is 5.50. The second kappa shape index (κ2) is 5.23. The van der Waals surface area contributed by atoms with Gasteiger partial charge in [-0.25, -0.2) is 0 Å². The molecule has 108 valence electrons. The number of aromatic amines is 1. The number of aryl methyl sites for hydroxylation is 2. The van der Waals surface area contributed by atoms with E-state index >= 15 is 0 Å². The van der Waals surface area contributed by atoms with Gasteiger partial charge in [0.15, 0.2) is 5.75 Å². The van der Waals surface area contributed by atoms with Gasteiger partial charge >= 0.3 is 0 Å². The zero-order valence-electron chi connectivity index (χ0n) is 12.1. The summed E-state index contributed by atoms with van der Waals surface area (Å²) in [4.78, 5) is 0. The zero-order chi connectivity index (χ0) is 15.0. The Bertz CT molecular complexity index is 701. The molecule has 1 fully saturated rings. The van der Waals surface area contributed by atoms with Crippen molar-refractivity contribution in [2.75, 3.05) is 0 Å². The molecule has 0 aliphatic heterocycles. The highest BCUT2D eigenvalue weighted by Crippen LogP contribution is 2.45. The summed E-state index contributed by atoms with van der Waals surface area (Å²) in [6.45, 7) is 3.65. The summed E-state index contributed by atoms with van der Waals surface area (Å²) < 4.78 is 5.97. The lowest BCUT2D eigenvalue weighted by Gasteiger charge is -2.10. The van der Waals surface area contributed by atoms with Crippen molar-refractivity contribution in [2.45, 2.75) is 39.2 Å². The van der Waals surface area contributed by atoms with Gasteiger partial charge < -0.3 is 9.84 Å². The summed E-state index contributed by atoms with van der Waals surface area (Å²) in [5.74, 6) is 1.72. The normalized spacial score (nSPS) is 14.0. The van der Waals surface area contributed by atoms with Gasteiger partial charge in [-0.1, -0.05) is 0 Å². The zero-order valence-corrected chi connectivity index (χ0v) is 12.1. The Hall–Kier alpha value is -2.32. The molecule has 0 atom stereocenters. The fourth-order valence-corrected chi connectivity index (χ4v) is 2.52. The van der Waals surface area contributed by atoms with Gasteiger partial charge in [-0.3, -0.25) is 5.10 Å². The Balaban J connectivity index is 1.97. The molecule has 2 aromatic rings. The smallest absolute Gasteiger partial charge is 0.174 e. The van der Waals surface area contributed by atoms with Crippen molar-refractivity contribution in [2.24, 2.45) is 0 Å². The summed E-state index contributed by atoms with van der Waals surface area (Å²) in [6.07, 6.45) is 2.22. The number of H-pyrrole nitrogens is 1. The van der Waals surface area contributed by atoms with Crippen LogP contribution in [0.3, 0.4) is 0 Å². The number of aliphatic hydroxyl groups is 1. The minimum Gasteiger partial charge on any atom is -0.453 e. The van der Waals surface area contributed by atoms with Crippen molar-refractivity contribution in [3.63, 3.8) is 0 Å². The van der Waals surface area contributed by atoms with Gasteiger partial charge in [-0.2, -0.15) is 10.4 Å². The van der Waals surface area contributed by atoms with Crippen LogP contribution in [0.5, 0.6) is 11.5 Å². The molecule has 3 rings (SSSR count). The largest absolute Gasteiger partial charge is 0.453 e. The third kappa shape index (κ3) is 2.50. The Kier molecular flexibility index (Phi) is 3.40. The van der Waals surface area contributed by atoms with Crippen LogP contribution in [0, 0.1) is 25.2 Å². The highest BCUT2D eigenvalue weighted by Gasteiger charge is 2.31. The van der Waals surface area contributed by atoms with Crippen molar-refractivity contribution >= 4 is 0 Å². The lowest BCUT2D eigenvalue weighted by atomic mass is 10.0. The molecule has 1 aromatic carbocycles. The van der Waals surface area contributed by atoms with Crippen molar-refractivity contribution in [1.29, 1.82) is 5.26 Å². The van der Waals surface area contributed by atoms with Gasteiger partial charge in [0, 0.05) is 5.92 Å². The molecule has 21 heavy (non-hydrogen) atoms. The van der Waals surface area contributed by atoms with Crippen LogP contribution in [-0.4, -0.2) is 15.3 Å². The third-order valence-corrected chi connectivity index (χ3v) is 3.78. The molecule has 0 saturated heterocycles. The first-order valence-electron chi connectivity index (χ1n) is 7.01. The molecule has 0 amide bonds. The first-order chi connectivity index (χ1) is 10.1. The standard InChI is InChI=1S/C16H17N3O2/c1-9-5-12(6-10(2)13(9)7-17)21-16-14(8-20)18-19-15(16)11-3-4-11/h5-6,11,20H,3-4,8H2,1-2H3,(H,18,19). The number of aliphatic hydroxyl groups excluding tert-OH is 1. The number of nitrogens with one attached hydrogen (secondary N) is 1. The molecule has 1 saturated carbocycles. The number of nitrogens with zero attached hydrogens (tertiary/aromatic N) is 2. The van der Waals surface area contributed by atoms with Gasteiger partial charge in [0.1, 0.15) is 17.1 Å². The van der Waals surface area contributed by atoms with Gasteiger partial charge in [-0.05, 0) is 49.9 Å². The van der Waals surface area contributed by atoms with E-state index in [9.17, 15) is 5.11 Å². The van der Waals surface area contributed by atoms with E-state index in [0.29, 0.717) is 28.7 Å². The average Bonchev–Trinajstić information content (AvgIpc) is 3.21. The molecule has 0 radical (unpaired) electrons.